The van der Waals surface area contributed by atoms with Gasteiger partial charge in [-0.2, -0.15) is 0 Å². The highest BCUT2D eigenvalue weighted by Crippen LogP contribution is 2.29. The van der Waals surface area contributed by atoms with E-state index in [1.807, 2.05) is 31.2 Å². The van der Waals surface area contributed by atoms with E-state index in [2.05, 4.69) is 12.1 Å². The van der Waals surface area contributed by atoms with Crippen molar-refractivity contribution >= 4 is 5.88 Å². The third-order valence-electron chi connectivity index (χ3n) is 2.75. The quantitative estimate of drug-likeness (QED) is 0.879. The number of hydrogen-bond donors (Lipinski definition) is 1. The third kappa shape index (κ3) is 2.47. The Hall–Kier alpha value is -1.97. The molecular weight excluding hydrogens is 228 g/mol. The summed E-state index contributed by atoms with van der Waals surface area (Å²) in [5.41, 5.74) is 8.47. The molecule has 1 heterocycles. The number of nitrogens with two attached hydrogens (primary N) is 1. The predicted octanol–water partition coefficient (Wildman–Crippen LogP) is 3.28. The first kappa shape index (κ1) is 12.5. The second-order valence-corrected chi connectivity index (χ2v) is 4.10. The van der Waals surface area contributed by atoms with Gasteiger partial charge in [-0.3, -0.25) is 0 Å². The summed E-state index contributed by atoms with van der Waals surface area (Å²) in [6.07, 6.45) is 1.78. The van der Waals surface area contributed by atoms with E-state index in [0.717, 1.165) is 35.4 Å². The molecule has 0 radical (unpaired) electrons. The van der Waals surface area contributed by atoms with E-state index in [1.165, 1.54) is 0 Å². The van der Waals surface area contributed by atoms with Crippen molar-refractivity contribution < 1.29 is 9.26 Å². The van der Waals surface area contributed by atoms with Crippen LogP contribution in [0.5, 0.6) is 5.75 Å². The third-order valence-corrected chi connectivity index (χ3v) is 2.75. The number of anilines is 1. The molecule has 0 amide bonds. The summed E-state index contributed by atoms with van der Waals surface area (Å²) >= 11 is 0. The lowest BCUT2D eigenvalue weighted by Crippen LogP contribution is -1.95. The fourth-order valence-electron chi connectivity index (χ4n) is 1.84. The van der Waals surface area contributed by atoms with E-state index in [9.17, 15) is 0 Å². The summed E-state index contributed by atoms with van der Waals surface area (Å²) in [5, 5.41) is 4.02. The minimum atomic E-state index is 0.396. The van der Waals surface area contributed by atoms with Crippen molar-refractivity contribution in [3.63, 3.8) is 0 Å². The van der Waals surface area contributed by atoms with Crippen LogP contribution in [0.4, 0.5) is 5.88 Å². The number of hydrogen-bond acceptors (Lipinski definition) is 4. The van der Waals surface area contributed by atoms with Crippen molar-refractivity contribution in [2.24, 2.45) is 0 Å². The van der Waals surface area contributed by atoms with Crippen LogP contribution in [-0.4, -0.2) is 11.8 Å². The zero-order chi connectivity index (χ0) is 13.0. The van der Waals surface area contributed by atoms with Crippen LogP contribution in [-0.2, 0) is 6.42 Å². The Morgan fingerprint density at radius 1 is 1.33 bits per heavy atom. The first-order chi connectivity index (χ1) is 8.76. The second kappa shape index (κ2) is 5.58. The minimum absolute atomic E-state index is 0.396. The standard InChI is InChI=1S/C14H18N2O2/c1-3-8-17-11-7-5-6-10(9-11)13-12(4-2)14(15)18-16-13/h5-7,9H,3-4,8,15H2,1-2H3. The Morgan fingerprint density at radius 2 is 2.17 bits per heavy atom. The van der Waals surface area contributed by atoms with Gasteiger partial charge in [-0.1, -0.05) is 31.1 Å². The highest BCUT2D eigenvalue weighted by Gasteiger charge is 2.13. The maximum Gasteiger partial charge on any atom is 0.225 e. The fraction of sp³-hybridized carbons (Fsp3) is 0.357. The van der Waals surface area contributed by atoms with Gasteiger partial charge in [0, 0.05) is 11.1 Å². The van der Waals surface area contributed by atoms with Crippen LogP contribution in [0.3, 0.4) is 0 Å². The number of benzene rings is 1. The number of nitrogens with zero attached hydrogens (tertiary/aromatic N) is 1. The van der Waals surface area contributed by atoms with Gasteiger partial charge >= 0.3 is 0 Å². The van der Waals surface area contributed by atoms with Crippen LogP contribution >= 0.6 is 0 Å². The number of nitrogen functional groups attached to an aromatic ring is 1. The van der Waals surface area contributed by atoms with Crippen molar-refractivity contribution in [3.8, 4) is 17.0 Å². The molecule has 0 spiro atoms. The highest BCUT2D eigenvalue weighted by molar-refractivity contribution is 5.68. The number of rotatable bonds is 5. The number of ether oxygens (including phenoxy) is 1. The molecule has 0 saturated heterocycles. The zero-order valence-electron chi connectivity index (χ0n) is 10.8. The molecule has 2 aromatic rings. The van der Waals surface area contributed by atoms with E-state index < -0.39 is 0 Å². The molecule has 0 aliphatic heterocycles. The fourth-order valence-corrected chi connectivity index (χ4v) is 1.84. The minimum Gasteiger partial charge on any atom is -0.494 e. The van der Waals surface area contributed by atoms with Crippen LogP contribution in [0.25, 0.3) is 11.3 Å². The lowest BCUT2D eigenvalue weighted by atomic mass is 10.1. The van der Waals surface area contributed by atoms with Gasteiger partial charge in [0.05, 0.1) is 6.61 Å². The Morgan fingerprint density at radius 3 is 2.89 bits per heavy atom. The molecule has 2 rings (SSSR count). The van der Waals surface area contributed by atoms with Crippen LogP contribution < -0.4 is 10.5 Å². The largest absolute Gasteiger partial charge is 0.494 e. The van der Waals surface area contributed by atoms with Crippen LogP contribution in [0.1, 0.15) is 25.8 Å². The van der Waals surface area contributed by atoms with E-state index in [-0.39, 0.29) is 0 Å². The summed E-state index contributed by atoms with van der Waals surface area (Å²) in [6.45, 7) is 4.83. The van der Waals surface area contributed by atoms with Crippen molar-refractivity contribution in [1.29, 1.82) is 0 Å². The molecule has 0 bridgehead atoms. The molecule has 0 unspecified atom stereocenters. The SMILES string of the molecule is CCCOc1cccc(-c2noc(N)c2CC)c1. The Kier molecular flexibility index (Phi) is 3.87. The lowest BCUT2D eigenvalue weighted by molar-refractivity contribution is 0.317. The molecule has 1 aromatic heterocycles. The van der Waals surface area contributed by atoms with E-state index in [1.54, 1.807) is 0 Å². The molecule has 0 saturated carbocycles. The highest BCUT2D eigenvalue weighted by atomic mass is 16.5. The maximum atomic E-state index is 5.75. The summed E-state index contributed by atoms with van der Waals surface area (Å²) < 4.78 is 10.7. The molecule has 0 aliphatic carbocycles. The molecule has 0 atom stereocenters. The first-order valence-corrected chi connectivity index (χ1v) is 6.23. The molecular formula is C14H18N2O2. The Bertz CT molecular complexity index is 520. The summed E-state index contributed by atoms with van der Waals surface area (Å²) in [6, 6.07) is 7.83. The molecule has 1 aromatic carbocycles. The molecule has 96 valence electrons. The van der Waals surface area contributed by atoms with Crippen molar-refractivity contribution in [2.75, 3.05) is 12.3 Å². The monoisotopic (exact) mass is 246 g/mol. The van der Waals surface area contributed by atoms with Gasteiger partial charge in [0.15, 0.2) is 0 Å². The van der Waals surface area contributed by atoms with Crippen molar-refractivity contribution in [3.05, 3.63) is 29.8 Å². The van der Waals surface area contributed by atoms with Crippen molar-refractivity contribution in [2.45, 2.75) is 26.7 Å². The van der Waals surface area contributed by atoms with Gasteiger partial charge in [-0.05, 0) is 25.0 Å². The van der Waals surface area contributed by atoms with Crippen LogP contribution in [0.2, 0.25) is 0 Å². The lowest BCUT2D eigenvalue weighted by Gasteiger charge is -2.06. The molecule has 18 heavy (non-hydrogen) atoms. The molecule has 0 fully saturated rings. The Balaban J connectivity index is 2.32. The van der Waals surface area contributed by atoms with Crippen LogP contribution in [0.15, 0.2) is 28.8 Å². The maximum absolute atomic E-state index is 5.75. The molecule has 2 N–H and O–H groups in total. The van der Waals surface area contributed by atoms with Gasteiger partial charge in [0.25, 0.3) is 0 Å². The average molecular weight is 246 g/mol. The zero-order valence-corrected chi connectivity index (χ0v) is 10.8. The summed E-state index contributed by atoms with van der Waals surface area (Å²) in [5.74, 6) is 1.24. The van der Waals surface area contributed by atoms with E-state index in [0.29, 0.717) is 12.5 Å². The predicted molar refractivity (Wildman–Crippen MR) is 71.5 cm³/mol. The molecule has 4 nitrogen and oxygen atoms in total. The second-order valence-electron chi connectivity index (χ2n) is 4.10. The normalized spacial score (nSPS) is 10.6. The van der Waals surface area contributed by atoms with Gasteiger partial charge < -0.3 is 15.0 Å². The van der Waals surface area contributed by atoms with Gasteiger partial charge in [-0.25, -0.2) is 0 Å². The Labute approximate surface area is 107 Å². The topological polar surface area (TPSA) is 61.3 Å². The molecule has 4 heteroatoms. The first-order valence-electron chi connectivity index (χ1n) is 6.23. The van der Waals surface area contributed by atoms with E-state index in [4.69, 9.17) is 15.0 Å². The summed E-state index contributed by atoms with van der Waals surface area (Å²) in [7, 11) is 0. The summed E-state index contributed by atoms with van der Waals surface area (Å²) in [4.78, 5) is 0. The van der Waals surface area contributed by atoms with Gasteiger partial charge in [0.2, 0.25) is 5.88 Å². The van der Waals surface area contributed by atoms with E-state index >= 15 is 0 Å². The van der Waals surface area contributed by atoms with Crippen molar-refractivity contribution in [1.82, 2.24) is 5.16 Å². The smallest absolute Gasteiger partial charge is 0.225 e. The average Bonchev–Trinajstić information content (AvgIpc) is 2.77. The van der Waals surface area contributed by atoms with Gasteiger partial charge in [-0.15, -0.1) is 0 Å². The molecule has 0 aliphatic rings. The van der Waals surface area contributed by atoms with Gasteiger partial charge in [0.1, 0.15) is 11.4 Å². The van der Waals surface area contributed by atoms with Crippen LogP contribution in [0, 0.1) is 0 Å². The number of aromatic nitrogens is 1.